The molecule has 0 bridgehead atoms. The zero-order valence-corrected chi connectivity index (χ0v) is 11.1. The van der Waals surface area contributed by atoms with Crippen LogP contribution in [0.25, 0.3) is 0 Å². The highest BCUT2D eigenvalue weighted by Crippen LogP contribution is 2.42. The Labute approximate surface area is 99.3 Å². The predicted octanol–water partition coefficient (Wildman–Crippen LogP) is 3.33. The van der Waals surface area contributed by atoms with Gasteiger partial charge in [0.2, 0.25) is 0 Å². The van der Waals surface area contributed by atoms with Crippen LogP contribution in [0.1, 0.15) is 43.9 Å². The van der Waals surface area contributed by atoms with Crippen LogP contribution >= 0.6 is 0 Å². The lowest BCUT2D eigenvalue weighted by Crippen LogP contribution is -2.47. The van der Waals surface area contributed by atoms with E-state index < -0.39 is 0 Å². The summed E-state index contributed by atoms with van der Waals surface area (Å²) in [5, 5.41) is 3.62. The van der Waals surface area contributed by atoms with Crippen molar-refractivity contribution in [3.05, 3.63) is 34.9 Å². The van der Waals surface area contributed by atoms with Crippen LogP contribution < -0.4 is 5.32 Å². The molecule has 1 heterocycles. The molecule has 1 unspecified atom stereocenters. The van der Waals surface area contributed by atoms with Crippen molar-refractivity contribution in [1.82, 2.24) is 5.32 Å². The van der Waals surface area contributed by atoms with E-state index in [9.17, 15) is 0 Å². The molecule has 0 amide bonds. The molecule has 0 aliphatic carbocycles. The number of hydrogen-bond donors (Lipinski definition) is 1. The molecule has 0 aromatic heterocycles. The summed E-state index contributed by atoms with van der Waals surface area (Å²) in [5.74, 6) is 0. The summed E-state index contributed by atoms with van der Waals surface area (Å²) in [7, 11) is 0. The summed E-state index contributed by atoms with van der Waals surface area (Å²) < 4.78 is 0. The third-order valence-electron chi connectivity index (χ3n) is 4.72. The van der Waals surface area contributed by atoms with Gasteiger partial charge in [-0.1, -0.05) is 25.1 Å². The van der Waals surface area contributed by atoms with Crippen molar-refractivity contribution in [3.63, 3.8) is 0 Å². The van der Waals surface area contributed by atoms with Gasteiger partial charge in [-0.2, -0.15) is 0 Å². The van der Waals surface area contributed by atoms with Gasteiger partial charge in [0.05, 0.1) is 0 Å². The molecule has 1 atom stereocenters. The lowest BCUT2D eigenvalue weighted by Gasteiger charge is -2.39. The monoisotopic (exact) mass is 217 g/mol. The SMILES string of the molecule is Cc1ccc(C2(C)CCNC2(C)C)cc1C. The molecule has 88 valence electrons. The van der Waals surface area contributed by atoms with Crippen molar-refractivity contribution in [2.45, 2.75) is 52.0 Å². The molecule has 1 saturated heterocycles. The Bertz CT molecular complexity index is 406. The maximum absolute atomic E-state index is 3.62. The topological polar surface area (TPSA) is 12.0 Å². The van der Waals surface area contributed by atoms with Gasteiger partial charge in [0.25, 0.3) is 0 Å². The standard InChI is InChI=1S/C15H23N/c1-11-6-7-13(10-12(11)2)15(5)8-9-16-14(15,3)4/h6-7,10,16H,8-9H2,1-5H3. The molecule has 2 rings (SSSR count). The van der Waals surface area contributed by atoms with E-state index in [0.29, 0.717) is 0 Å². The molecular weight excluding hydrogens is 194 g/mol. The van der Waals surface area contributed by atoms with Crippen LogP contribution in [0.15, 0.2) is 18.2 Å². The van der Waals surface area contributed by atoms with E-state index in [1.54, 1.807) is 0 Å². The second-order valence-electron chi connectivity index (χ2n) is 5.93. The van der Waals surface area contributed by atoms with Gasteiger partial charge in [-0.15, -0.1) is 0 Å². The van der Waals surface area contributed by atoms with E-state index in [1.165, 1.54) is 23.1 Å². The largest absolute Gasteiger partial charge is 0.311 e. The average Bonchev–Trinajstić information content (AvgIpc) is 2.47. The highest BCUT2D eigenvalue weighted by atomic mass is 15.0. The fourth-order valence-electron chi connectivity index (χ4n) is 2.72. The van der Waals surface area contributed by atoms with Gasteiger partial charge >= 0.3 is 0 Å². The Hall–Kier alpha value is -0.820. The van der Waals surface area contributed by atoms with Crippen LogP contribution in [-0.4, -0.2) is 12.1 Å². The van der Waals surface area contributed by atoms with E-state index in [0.717, 1.165) is 6.54 Å². The van der Waals surface area contributed by atoms with Crippen LogP contribution in [0, 0.1) is 13.8 Å². The van der Waals surface area contributed by atoms with Crippen LogP contribution in [0.3, 0.4) is 0 Å². The van der Waals surface area contributed by atoms with Crippen molar-refractivity contribution in [2.75, 3.05) is 6.54 Å². The molecule has 1 heteroatoms. The van der Waals surface area contributed by atoms with Gasteiger partial charge in [-0.25, -0.2) is 0 Å². The van der Waals surface area contributed by atoms with E-state index in [2.05, 4.69) is 58.1 Å². The van der Waals surface area contributed by atoms with Gasteiger partial charge in [-0.05, 0) is 57.4 Å². The first-order chi connectivity index (χ1) is 7.37. The molecule has 1 nitrogen and oxygen atoms in total. The molecule has 1 aliphatic heterocycles. The molecule has 1 fully saturated rings. The quantitative estimate of drug-likeness (QED) is 0.761. The minimum atomic E-state index is 0.189. The minimum Gasteiger partial charge on any atom is -0.311 e. The first kappa shape index (κ1) is 11.7. The molecule has 1 N–H and O–H groups in total. The zero-order valence-electron chi connectivity index (χ0n) is 11.1. The Morgan fingerprint density at radius 2 is 1.75 bits per heavy atom. The summed E-state index contributed by atoms with van der Waals surface area (Å²) in [5.41, 5.74) is 4.71. The Morgan fingerprint density at radius 3 is 2.25 bits per heavy atom. The van der Waals surface area contributed by atoms with Crippen molar-refractivity contribution in [3.8, 4) is 0 Å². The first-order valence-electron chi connectivity index (χ1n) is 6.20. The van der Waals surface area contributed by atoms with Crippen molar-refractivity contribution in [1.29, 1.82) is 0 Å². The van der Waals surface area contributed by atoms with E-state index in [-0.39, 0.29) is 11.0 Å². The van der Waals surface area contributed by atoms with Crippen molar-refractivity contribution >= 4 is 0 Å². The smallest absolute Gasteiger partial charge is 0.0219 e. The van der Waals surface area contributed by atoms with Crippen LogP contribution in [0.4, 0.5) is 0 Å². The minimum absolute atomic E-state index is 0.189. The van der Waals surface area contributed by atoms with E-state index in [1.807, 2.05) is 0 Å². The van der Waals surface area contributed by atoms with Crippen molar-refractivity contribution < 1.29 is 0 Å². The summed E-state index contributed by atoms with van der Waals surface area (Å²) in [4.78, 5) is 0. The van der Waals surface area contributed by atoms with Crippen LogP contribution in [0.2, 0.25) is 0 Å². The predicted molar refractivity (Wildman–Crippen MR) is 70.0 cm³/mol. The van der Waals surface area contributed by atoms with E-state index >= 15 is 0 Å². The Balaban J connectivity index is 2.47. The molecule has 1 aromatic carbocycles. The van der Waals surface area contributed by atoms with E-state index in [4.69, 9.17) is 0 Å². The van der Waals surface area contributed by atoms with Crippen LogP contribution in [0.5, 0.6) is 0 Å². The van der Waals surface area contributed by atoms with Gasteiger partial charge in [-0.3, -0.25) is 0 Å². The highest BCUT2D eigenvalue weighted by Gasteiger charge is 2.45. The second kappa shape index (κ2) is 3.59. The average molecular weight is 217 g/mol. The van der Waals surface area contributed by atoms with Gasteiger partial charge in [0.15, 0.2) is 0 Å². The molecule has 0 saturated carbocycles. The lowest BCUT2D eigenvalue weighted by molar-refractivity contribution is 0.297. The molecule has 1 aromatic rings. The maximum atomic E-state index is 3.62. The second-order valence-corrected chi connectivity index (χ2v) is 5.93. The zero-order chi connectivity index (χ0) is 12.0. The summed E-state index contributed by atoms with van der Waals surface area (Å²) >= 11 is 0. The molecule has 0 spiro atoms. The number of rotatable bonds is 1. The fraction of sp³-hybridized carbons (Fsp3) is 0.600. The number of aryl methyl sites for hydroxylation is 2. The molecular formula is C15H23N. The Kier molecular flexibility index (Phi) is 2.62. The fourth-order valence-corrected chi connectivity index (χ4v) is 2.72. The maximum Gasteiger partial charge on any atom is 0.0219 e. The van der Waals surface area contributed by atoms with Gasteiger partial charge < -0.3 is 5.32 Å². The molecule has 0 radical (unpaired) electrons. The molecule has 1 aliphatic rings. The third-order valence-corrected chi connectivity index (χ3v) is 4.72. The van der Waals surface area contributed by atoms with Crippen LogP contribution in [-0.2, 0) is 5.41 Å². The number of nitrogens with one attached hydrogen (secondary N) is 1. The third kappa shape index (κ3) is 1.58. The first-order valence-corrected chi connectivity index (χ1v) is 6.20. The Morgan fingerprint density at radius 1 is 1.06 bits per heavy atom. The van der Waals surface area contributed by atoms with Gasteiger partial charge in [0.1, 0.15) is 0 Å². The van der Waals surface area contributed by atoms with Crippen molar-refractivity contribution in [2.24, 2.45) is 0 Å². The highest BCUT2D eigenvalue weighted by molar-refractivity contribution is 5.37. The number of benzene rings is 1. The lowest BCUT2D eigenvalue weighted by atomic mass is 9.69. The normalized spacial score (nSPS) is 28.3. The van der Waals surface area contributed by atoms with Gasteiger partial charge in [0, 0.05) is 11.0 Å². The summed E-state index contributed by atoms with van der Waals surface area (Å²) in [6.45, 7) is 12.5. The number of hydrogen-bond acceptors (Lipinski definition) is 1. The summed E-state index contributed by atoms with van der Waals surface area (Å²) in [6.07, 6.45) is 1.22. The summed E-state index contributed by atoms with van der Waals surface area (Å²) in [6, 6.07) is 6.92. The molecule has 16 heavy (non-hydrogen) atoms.